The minimum absolute atomic E-state index is 0. The molecule has 0 aromatic heterocycles. The average molecular weight is 86.1 g/mol. The summed E-state index contributed by atoms with van der Waals surface area (Å²) in [5.41, 5.74) is 0. The van der Waals surface area contributed by atoms with E-state index in [4.69, 9.17) is 0 Å². The lowest BCUT2D eigenvalue weighted by Gasteiger charge is -1.75. The maximum Gasteiger partial charge on any atom is -0.00679 e. The third-order valence-electron chi connectivity index (χ3n) is 0.236. The first-order valence-corrected chi connectivity index (χ1v) is 1.39. The molecule has 6 heavy (non-hydrogen) atoms. The molecule has 2 nitrogen and oxygen atoms in total. The molecule has 4 N–H and O–H groups in total. The van der Waals surface area contributed by atoms with Crippen LogP contribution in [0.2, 0.25) is 0 Å². The van der Waals surface area contributed by atoms with Crippen molar-refractivity contribution >= 4 is 0 Å². The summed E-state index contributed by atoms with van der Waals surface area (Å²) in [5, 5.41) is 2.64. The standard InChI is InChI=1S/C4H7N.H3N/c1-3-5-4-2;/h3-5H,1-2H2;1H3. The Hall–Kier alpha value is -0.760. The molecule has 0 aromatic rings. The fourth-order valence-electron chi connectivity index (χ4n) is 0.0833. The van der Waals surface area contributed by atoms with Crippen molar-refractivity contribution in [2.45, 2.75) is 0 Å². The molecule has 0 saturated carbocycles. The summed E-state index contributed by atoms with van der Waals surface area (Å²) in [7, 11) is 0. The molecule has 0 aliphatic rings. The normalized spacial score (nSPS) is 4.67. The van der Waals surface area contributed by atoms with Crippen molar-refractivity contribution in [2.75, 3.05) is 0 Å². The Morgan fingerprint density at radius 1 is 1.17 bits per heavy atom. The van der Waals surface area contributed by atoms with E-state index in [-0.39, 0.29) is 6.15 Å². The van der Waals surface area contributed by atoms with Gasteiger partial charge in [0, 0.05) is 0 Å². The Labute approximate surface area is 38.1 Å². The Balaban J connectivity index is 0. The molecule has 0 unspecified atom stereocenters. The molecule has 0 bridgehead atoms. The lowest BCUT2D eigenvalue weighted by atomic mass is 10.9. The summed E-state index contributed by atoms with van der Waals surface area (Å²) >= 11 is 0. The van der Waals surface area contributed by atoms with E-state index in [0.29, 0.717) is 0 Å². The van der Waals surface area contributed by atoms with Crippen molar-refractivity contribution in [2.24, 2.45) is 0 Å². The predicted octanol–water partition coefficient (Wildman–Crippen LogP) is 1.02. The van der Waals surface area contributed by atoms with Crippen LogP contribution in [0, 0.1) is 0 Å². The van der Waals surface area contributed by atoms with E-state index in [1.165, 1.54) is 0 Å². The second-order valence-electron chi connectivity index (χ2n) is 0.575. The fraction of sp³-hybridized carbons (Fsp3) is 0. The molecule has 0 heterocycles. The first kappa shape index (κ1) is 8.97. The first-order valence-electron chi connectivity index (χ1n) is 1.39. The molecule has 0 spiro atoms. The SMILES string of the molecule is C=CNC=C.N. The van der Waals surface area contributed by atoms with Crippen LogP contribution in [0.4, 0.5) is 0 Å². The number of rotatable bonds is 2. The molecule has 2 heteroatoms. The largest absolute Gasteiger partial charge is 0.369 e. The van der Waals surface area contributed by atoms with Crippen LogP contribution < -0.4 is 11.5 Å². The molecule has 0 rings (SSSR count). The highest BCUT2D eigenvalue weighted by Crippen LogP contribution is 1.46. The van der Waals surface area contributed by atoms with Crippen LogP contribution in [0.1, 0.15) is 0 Å². The minimum Gasteiger partial charge on any atom is -0.369 e. The summed E-state index contributed by atoms with van der Waals surface area (Å²) < 4.78 is 0. The van der Waals surface area contributed by atoms with Gasteiger partial charge in [-0.25, -0.2) is 0 Å². The third kappa shape index (κ3) is 10.6. The second-order valence-corrected chi connectivity index (χ2v) is 0.575. The maximum absolute atomic E-state index is 3.37. The highest BCUT2D eigenvalue weighted by molar-refractivity contribution is 4.72. The Morgan fingerprint density at radius 3 is 1.50 bits per heavy atom. The average Bonchev–Trinajstić information content (AvgIpc) is 1.41. The van der Waals surface area contributed by atoms with E-state index in [0.717, 1.165) is 0 Å². The predicted molar refractivity (Wildman–Crippen MR) is 28.6 cm³/mol. The van der Waals surface area contributed by atoms with Crippen molar-refractivity contribution in [3.63, 3.8) is 0 Å². The van der Waals surface area contributed by atoms with Crippen LogP contribution in [0.15, 0.2) is 25.6 Å². The second kappa shape index (κ2) is 8.87. The van der Waals surface area contributed by atoms with Crippen LogP contribution in [-0.4, -0.2) is 0 Å². The first-order chi connectivity index (χ1) is 2.41. The summed E-state index contributed by atoms with van der Waals surface area (Å²) in [4.78, 5) is 0. The molecule has 0 fully saturated rings. The van der Waals surface area contributed by atoms with E-state index < -0.39 is 0 Å². The zero-order valence-electron chi connectivity index (χ0n) is 3.78. The summed E-state index contributed by atoms with van der Waals surface area (Å²) in [6.07, 6.45) is 3.12. The third-order valence-corrected chi connectivity index (χ3v) is 0.236. The van der Waals surface area contributed by atoms with Crippen LogP contribution in [0.5, 0.6) is 0 Å². The Morgan fingerprint density at radius 2 is 1.50 bits per heavy atom. The molecular weight excluding hydrogens is 76.1 g/mol. The van der Waals surface area contributed by atoms with Crippen LogP contribution >= 0.6 is 0 Å². The monoisotopic (exact) mass is 86.1 g/mol. The van der Waals surface area contributed by atoms with Gasteiger partial charge in [0.1, 0.15) is 0 Å². The molecule has 0 amide bonds. The topological polar surface area (TPSA) is 47.0 Å². The van der Waals surface area contributed by atoms with E-state index in [1.807, 2.05) is 0 Å². The lowest BCUT2D eigenvalue weighted by Crippen LogP contribution is -1.85. The van der Waals surface area contributed by atoms with Gasteiger partial charge < -0.3 is 11.5 Å². The quantitative estimate of drug-likeness (QED) is 0.527. The smallest absolute Gasteiger partial charge is 0.00679 e. The van der Waals surface area contributed by atoms with Crippen LogP contribution in [0.25, 0.3) is 0 Å². The van der Waals surface area contributed by atoms with Gasteiger partial charge >= 0.3 is 0 Å². The molecule has 36 valence electrons. The Bertz CT molecular complexity index is 34.8. The maximum atomic E-state index is 3.37. The van der Waals surface area contributed by atoms with Gasteiger partial charge in [-0.3, -0.25) is 0 Å². The molecule has 0 aliphatic heterocycles. The molecule has 0 saturated heterocycles. The van der Waals surface area contributed by atoms with E-state index in [2.05, 4.69) is 18.5 Å². The summed E-state index contributed by atoms with van der Waals surface area (Å²) in [6.45, 7) is 6.74. The van der Waals surface area contributed by atoms with Gasteiger partial charge in [-0.15, -0.1) is 0 Å². The van der Waals surface area contributed by atoms with Gasteiger partial charge in [0.2, 0.25) is 0 Å². The molecule has 0 aliphatic carbocycles. The highest BCUT2D eigenvalue weighted by Gasteiger charge is 1.43. The van der Waals surface area contributed by atoms with Crippen LogP contribution in [-0.2, 0) is 0 Å². The van der Waals surface area contributed by atoms with Crippen molar-refractivity contribution in [3.05, 3.63) is 25.6 Å². The fourth-order valence-corrected chi connectivity index (χ4v) is 0.0833. The summed E-state index contributed by atoms with van der Waals surface area (Å²) in [6, 6.07) is 0. The lowest BCUT2D eigenvalue weighted by molar-refractivity contribution is 1.21. The number of hydrogen-bond donors (Lipinski definition) is 2. The van der Waals surface area contributed by atoms with Gasteiger partial charge in [-0.05, 0) is 12.4 Å². The zero-order valence-corrected chi connectivity index (χ0v) is 3.78. The molecule has 0 aromatic carbocycles. The molecule has 0 radical (unpaired) electrons. The molecule has 0 atom stereocenters. The van der Waals surface area contributed by atoms with Crippen molar-refractivity contribution < 1.29 is 0 Å². The minimum atomic E-state index is 0. The number of nitrogens with one attached hydrogen (secondary N) is 1. The van der Waals surface area contributed by atoms with Gasteiger partial charge in [0.15, 0.2) is 0 Å². The van der Waals surface area contributed by atoms with E-state index in [9.17, 15) is 0 Å². The van der Waals surface area contributed by atoms with Crippen molar-refractivity contribution in [3.8, 4) is 0 Å². The van der Waals surface area contributed by atoms with Gasteiger partial charge in [0.25, 0.3) is 0 Å². The van der Waals surface area contributed by atoms with Crippen molar-refractivity contribution in [1.82, 2.24) is 11.5 Å². The Kier molecular flexibility index (Phi) is 13.3. The zero-order chi connectivity index (χ0) is 4.12. The van der Waals surface area contributed by atoms with E-state index >= 15 is 0 Å². The molecular formula is C4H10N2. The van der Waals surface area contributed by atoms with Crippen LogP contribution in [0.3, 0.4) is 0 Å². The summed E-state index contributed by atoms with van der Waals surface area (Å²) in [5.74, 6) is 0. The van der Waals surface area contributed by atoms with Crippen molar-refractivity contribution in [1.29, 1.82) is 0 Å². The van der Waals surface area contributed by atoms with Gasteiger partial charge in [0.05, 0.1) is 0 Å². The highest BCUT2D eigenvalue weighted by atomic mass is 14.8. The van der Waals surface area contributed by atoms with Gasteiger partial charge in [-0.2, -0.15) is 0 Å². The van der Waals surface area contributed by atoms with Gasteiger partial charge in [-0.1, -0.05) is 13.2 Å². The number of hydrogen-bond acceptors (Lipinski definition) is 2. The van der Waals surface area contributed by atoms with E-state index in [1.54, 1.807) is 12.4 Å².